The number of rotatable bonds is 6. The minimum atomic E-state index is -1.02. The highest BCUT2D eigenvalue weighted by molar-refractivity contribution is 7.83. The van der Waals surface area contributed by atoms with Crippen LogP contribution in [0.25, 0.3) is 10.1 Å². The molecule has 0 spiro atoms. The van der Waals surface area contributed by atoms with Gasteiger partial charge >= 0.3 is 0 Å². The normalized spacial score (nSPS) is 15.6. The molecule has 1 amide bonds. The Morgan fingerprint density at radius 2 is 1.96 bits per heavy atom. The lowest BCUT2D eigenvalue weighted by atomic mass is 10.1. The lowest BCUT2D eigenvalue weighted by molar-refractivity contribution is 0.103. The van der Waals surface area contributed by atoms with Gasteiger partial charge in [-0.05, 0) is 54.8 Å². The van der Waals surface area contributed by atoms with E-state index in [-0.39, 0.29) is 12.0 Å². The smallest absolute Gasteiger partial charge is 0.266 e. The van der Waals surface area contributed by atoms with Crippen LogP contribution < -0.4 is 10.1 Å². The molecule has 28 heavy (non-hydrogen) atoms. The van der Waals surface area contributed by atoms with E-state index >= 15 is 0 Å². The van der Waals surface area contributed by atoms with Gasteiger partial charge in [0.1, 0.15) is 5.75 Å². The van der Waals surface area contributed by atoms with Crippen molar-refractivity contribution in [3.8, 4) is 5.75 Å². The number of ether oxygens (including phenoxy) is 1. The first kappa shape index (κ1) is 19.2. The zero-order valence-corrected chi connectivity index (χ0v) is 17.4. The van der Waals surface area contributed by atoms with Crippen LogP contribution in [0.3, 0.4) is 0 Å². The first-order chi connectivity index (χ1) is 13.6. The SMILES string of the molecule is CS(=O)Cc1c(C(=O)Nc2cccc(OC3CCCC3)c2)sc2ccccc12. The summed E-state index contributed by atoms with van der Waals surface area (Å²) in [4.78, 5) is 13.6. The van der Waals surface area contributed by atoms with Crippen LogP contribution in [0.15, 0.2) is 48.5 Å². The molecule has 1 atom stereocenters. The van der Waals surface area contributed by atoms with Crippen LogP contribution in [0.4, 0.5) is 5.69 Å². The zero-order chi connectivity index (χ0) is 19.5. The lowest BCUT2D eigenvalue weighted by Crippen LogP contribution is -2.14. The second kappa shape index (κ2) is 8.45. The molecule has 1 saturated carbocycles. The van der Waals surface area contributed by atoms with Crippen molar-refractivity contribution >= 4 is 43.8 Å². The quantitative estimate of drug-likeness (QED) is 0.592. The van der Waals surface area contributed by atoms with E-state index in [1.807, 2.05) is 48.5 Å². The van der Waals surface area contributed by atoms with Crippen LogP contribution in [0.5, 0.6) is 5.75 Å². The molecule has 2 aromatic carbocycles. The highest BCUT2D eigenvalue weighted by Gasteiger charge is 2.20. The van der Waals surface area contributed by atoms with Gasteiger partial charge in [-0.2, -0.15) is 0 Å². The maximum atomic E-state index is 13.0. The molecule has 0 radical (unpaired) electrons. The largest absolute Gasteiger partial charge is 0.490 e. The van der Waals surface area contributed by atoms with Gasteiger partial charge in [-0.3, -0.25) is 9.00 Å². The first-order valence-electron chi connectivity index (χ1n) is 9.48. The molecule has 1 fully saturated rings. The molecule has 3 aromatic rings. The van der Waals surface area contributed by atoms with E-state index in [0.29, 0.717) is 16.3 Å². The average molecular weight is 414 g/mol. The maximum Gasteiger partial charge on any atom is 0.266 e. The van der Waals surface area contributed by atoms with Gasteiger partial charge in [0.25, 0.3) is 5.91 Å². The van der Waals surface area contributed by atoms with Gasteiger partial charge in [0.05, 0.1) is 16.7 Å². The molecular weight excluding hydrogens is 390 g/mol. The molecule has 1 aliphatic carbocycles. The number of amides is 1. The molecule has 146 valence electrons. The number of benzene rings is 2. The van der Waals surface area contributed by atoms with Gasteiger partial charge in [0, 0.05) is 33.5 Å². The van der Waals surface area contributed by atoms with E-state index in [2.05, 4.69) is 5.32 Å². The summed E-state index contributed by atoms with van der Waals surface area (Å²) in [5.41, 5.74) is 1.57. The average Bonchev–Trinajstić information content (AvgIpc) is 3.30. The fraction of sp³-hybridized carbons (Fsp3) is 0.318. The Labute approximate surface area is 171 Å². The van der Waals surface area contributed by atoms with Crippen molar-refractivity contribution in [3.05, 3.63) is 59.0 Å². The Morgan fingerprint density at radius 1 is 1.18 bits per heavy atom. The van der Waals surface area contributed by atoms with E-state index in [0.717, 1.165) is 34.2 Å². The van der Waals surface area contributed by atoms with Gasteiger partial charge in [0.15, 0.2) is 0 Å². The van der Waals surface area contributed by atoms with Gasteiger partial charge in [-0.15, -0.1) is 11.3 Å². The summed E-state index contributed by atoms with van der Waals surface area (Å²) in [6, 6.07) is 15.5. The van der Waals surface area contributed by atoms with Crippen LogP contribution in [-0.2, 0) is 16.6 Å². The molecule has 1 N–H and O–H groups in total. The summed E-state index contributed by atoms with van der Waals surface area (Å²) in [6.07, 6.45) is 6.56. The maximum absolute atomic E-state index is 13.0. The summed E-state index contributed by atoms with van der Waals surface area (Å²) < 4.78 is 18.9. The molecule has 1 aromatic heterocycles. The summed E-state index contributed by atoms with van der Waals surface area (Å²) in [7, 11) is -1.02. The molecule has 1 unspecified atom stereocenters. The van der Waals surface area contributed by atoms with E-state index in [9.17, 15) is 9.00 Å². The van der Waals surface area contributed by atoms with Crippen molar-refractivity contribution in [1.82, 2.24) is 0 Å². The number of fused-ring (bicyclic) bond motifs is 1. The lowest BCUT2D eigenvalue weighted by Gasteiger charge is -2.14. The van der Waals surface area contributed by atoms with Crippen molar-refractivity contribution in [2.75, 3.05) is 11.6 Å². The predicted molar refractivity (Wildman–Crippen MR) is 117 cm³/mol. The van der Waals surface area contributed by atoms with Gasteiger partial charge in [-0.25, -0.2) is 0 Å². The third-order valence-corrected chi connectivity index (χ3v) is 6.86. The predicted octanol–water partition coefficient (Wildman–Crippen LogP) is 5.35. The number of hydrogen-bond acceptors (Lipinski definition) is 4. The van der Waals surface area contributed by atoms with E-state index in [1.54, 1.807) is 6.26 Å². The standard InChI is InChI=1S/C22H23NO3S2/c1-28(25)14-19-18-11-4-5-12-20(18)27-21(19)22(24)23-15-7-6-10-17(13-15)26-16-8-2-3-9-16/h4-7,10-13,16H,2-3,8-9,14H2,1H3,(H,23,24). The topological polar surface area (TPSA) is 55.4 Å². The highest BCUT2D eigenvalue weighted by Crippen LogP contribution is 2.33. The molecule has 0 saturated heterocycles. The van der Waals surface area contributed by atoms with Crippen LogP contribution in [0.1, 0.15) is 40.9 Å². The number of nitrogens with one attached hydrogen (secondary N) is 1. The number of hydrogen-bond donors (Lipinski definition) is 1. The third kappa shape index (κ3) is 4.28. The molecule has 0 bridgehead atoms. The van der Waals surface area contributed by atoms with Gasteiger partial charge in [-0.1, -0.05) is 24.3 Å². The summed E-state index contributed by atoms with van der Waals surface area (Å²) >= 11 is 1.45. The van der Waals surface area contributed by atoms with Crippen molar-refractivity contribution in [1.29, 1.82) is 0 Å². The number of thiophene rings is 1. The molecule has 6 heteroatoms. The van der Waals surface area contributed by atoms with E-state index in [4.69, 9.17) is 4.74 Å². The molecule has 1 aliphatic rings. The Bertz CT molecular complexity index is 1020. The van der Waals surface area contributed by atoms with Crippen molar-refractivity contribution in [2.45, 2.75) is 37.5 Å². The van der Waals surface area contributed by atoms with Crippen LogP contribution >= 0.6 is 11.3 Å². The van der Waals surface area contributed by atoms with E-state index in [1.165, 1.54) is 24.2 Å². The minimum absolute atomic E-state index is 0.167. The van der Waals surface area contributed by atoms with Gasteiger partial charge in [0.2, 0.25) is 0 Å². The van der Waals surface area contributed by atoms with Crippen molar-refractivity contribution < 1.29 is 13.7 Å². The summed E-state index contributed by atoms with van der Waals surface area (Å²) in [5.74, 6) is 0.994. The Morgan fingerprint density at radius 3 is 2.75 bits per heavy atom. The molecular formula is C22H23NO3S2. The fourth-order valence-corrected chi connectivity index (χ4v) is 5.58. The second-order valence-corrected chi connectivity index (χ2v) is 9.62. The Hall–Kier alpha value is -2.18. The second-order valence-electron chi connectivity index (χ2n) is 7.13. The number of carbonyl (C=O) groups is 1. The Kier molecular flexibility index (Phi) is 5.78. The Balaban J connectivity index is 1.57. The summed E-state index contributed by atoms with van der Waals surface area (Å²) in [6.45, 7) is 0. The molecule has 4 rings (SSSR count). The van der Waals surface area contributed by atoms with Crippen molar-refractivity contribution in [2.24, 2.45) is 0 Å². The minimum Gasteiger partial charge on any atom is -0.490 e. The molecule has 0 aliphatic heterocycles. The summed E-state index contributed by atoms with van der Waals surface area (Å²) in [5, 5.41) is 4.00. The third-order valence-electron chi connectivity index (χ3n) is 4.95. The van der Waals surface area contributed by atoms with Gasteiger partial charge < -0.3 is 10.1 Å². The zero-order valence-electron chi connectivity index (χ0n) is 15.8. The molecule has 4 nitrogen and oxygen atoms in total. The number of anilines is 1. The van der Waals surface area contributed by atoms with Crippen LogP contribution in [0.2, 0.25) is 0 Å². The monoisotopic (exact) mass is 413 g/mol. The number of carbonyl (C=O) groups excluding carboxylic acids is 1. The van der Waals surface area contributed by atoms with Crippen LogP contribution in [-0.4, -0.2) is 22.5 Å². The van der Waals surface area contributed by atoms with Crippen LogP contribution in [0, 0.1) is 0 Å². The fourth-order valence-electron chi connectivity index (χ4n) is 3.66. The highest BCUT2D eigenvalue weighted by atomic mass is 32.2. The first-order valence-corrected chi connectivity index (χ1v) is 12.0. The van der Waals surface area contributed by atoms with Crippen molar-refractivity contribution in [3.63, 3.8) is 0 Å². The molecule has 1 heterocycles. The van der Waals surface area contributed by atoms with E-state index < -0.39 is 10.8 Å².